The lowest BCUT2D eigenvalue weighted by Crippen LogP contribution is -2.57. The van der Waals surface area contributed by atoms with Crippen LogP contribution in [0.1, 0.15) is 13.3 Å². The zero-order chi connectivity index (χ0) is 14.5. The van der Waals surface area contributed by atoms with Crippen molar-refractivity contribution in [1.29, 1.82) is 0 Å². The van der Waals surface area contributed by atoms with Gasteiger partial charge in [-0.2, -0.15) is 0 Å². The van der Waals surface area contributed by atoms with Gasteiger partial charge in [0, 0.05) is 12.2 Å². The third-order valence-electron chi connectivity index (χ3n) is 3.27. The number of benzene rings is 1. The van der Waals surface area contributed by atoms with Gasteiger partial charge in [-0.15, -0.1) is 0 Å². The number of nitrogens with two attached hydrogens (primary N) is 1. The summed E-state index contributed by atoms with van der Waals surface area (Å²) >= 11 is 0. The molecule has 0 saturated carbocycles. The molecular weight excluding hydrogens is 258 g/mol. The number of imide groups is 1. The van der Waals surface area contributed by atoms with E-state index in [-0.39, 0.29) is 24.4 Å². The summed E-state index contributed by atoms with van der Waals surface area (Å²) < 4.78 is 5.57. The first-order valence-electron chi connectivity index (χ1n) is 6.62. The zero-order valence-corrected chi connectivity index (χ0v) is 11.5. The minimum absolute atomic E-state index is 0.235. The molecule has 0 radical (unpaired) electrons. The number of carbonyl (C=O) groups is 2. The number of amides is 2. The van der Waals surface area contributed by atoms with E-state index in [4.69, 9.17) is 10.5 Å². The fourth-order valence-electron chi connectivity index (χ4n) is 2.06. The molecule has 1 aromatic carbocycles. The number of piperazine rings is 1. The number of nitrogens with zero attached hydrogens (tertiary/aromatic N) is 1. The standard InChI is InChI=1S/C14H19N3O3/c1-10-14(19)16-13(18)9-17(10)7-2-8-20-12-5-3-11(15)4-6-12/h3-6,10H,2,7-9,15H2,1H3,(H,16,18,19). The molecule has 6 heteroatoms. The van der Waals surface area contributed by atoms with Crippen molar-refractivity contribution in [3.63, 3.8) is 0 Å². The van der Waals surface area contributed by atoms with Gasteiger partial charge in [0.15, 0.2) is 0 Å². The maximum atomic E-state index is 11.5. The van der Waals surface area contributed by atoms with Crippen LogP contribution in [0.4, 0.5) is 5.69 Å². The van der Waals surface area contributed by atoms with Gasteiger partial charge in [-0.05, 0) is 37.6 Å². The van der Waals surface area contributed by atoms with Crippen LogP contribution in [0, 0.1) is 0 Å². The molecule has 1 aromatic rings. The number of nitrogens with one attached hydrogen (secondary N) is 1. The van der Waals surface area contributed by atoms with Crippen molar-refractivity contribution < 1.29 is 14.3 Å². The summed E-state index contributed by atoms with van der Waals surface area (Å²) in [5.41, 5.74) is 6.29. The Balaban J connectivity index is 1.74. The molecule has 108 valence electrons. The zero-order valence-electron chi connectivity index (χ0n) is 11.5. The van der Waals surface area contributed by atoms with Crippen molar-refractivity contribution in [2.75, 3.05) is 25.4 Å². The number of hydrogen-bond donors (Lipinski definition) is 2. The second kappa shape index (κ2) is 6.38. The third-order valence-corrected chi connectivity index (χ3v) is 3.27. The van der Waals surface area contributed by atoms with Crippen LogP contribution < -0.4 is 15.8 Å². The van der Waals surface area contributed by atoms with Crippen molar-refractivity contribution in [2.45, 2.75) is 19.4 Å². The summed E-state index contributed by atoms with van der Waals surface area (Å²) in [4.78, 5) is 24.6. The highest BCUT2D eigenvalue weighted by atomic mass is 16.5. The molecule has 6 nitrogen and oxygen atoms in total. The van der Waals surface area contributed by atoms with E-state index >= 15 is 0 Å². The molecule has 1 aliphatic heterocycles. The molecule has 1 saturated heterocycles. The van der Waals surface area contributed by atoms with Crippen LogP contribution in [-0.4, -0.2) is 42.5 Å². The largest absolute Gasteiger partial charge is 0.494 e. The minimum Gasteiger partial charge on any atom is -0.494 e. The summed E-state index contributed by atoms with van der Waals surface area (Å²) in [6.45, 7) is 3.23. The molecule has 2 rings (SSSR count). The number of hydrogen-bond acceptors (Lipinski definition) is 5. The van der Waals surface area contributed by atoms with Crippen molar-refractivity contribution in [3.05, 3.63) is 24.3 Å². The van der Waals surface area contributed by atoms with Gasteiger partial charge in [-0.3, -0.25) is 19.8 Å². The fraction of sp³-hybridized carbons (Fsp3) is 0.429. The maximum absolute atomic E-state index is 11.5. The Labute approximate surface area is 117 Å². The van der Waals surface area contributed by atoms with E-state index in [1.807, 2.05) is 17.0 Å². The highest BCUT2D eigenvalue weighted by molar-refractivity contribution is 6.00. The lowest BCUT2D eigenvalue weighted by atomic mass is 10.2. The molecule has 20 heavy (non-hydrogen) atoms. The van der Waals surface area contributed by atoms with Gasteiger partial charge in [0.2, 0.25) is 11.8 Å². The lowest BCUT2D eigenvalue weighted by molar-refractivity contribution is -0.139. The van der Waals surface area contributed by atoms with E-state index in [1.165, 1.54) is 0 Å². The predicted molar refractivity (Wildman–Crippen MR) is 75.2 cm³/mol. The molecule has 2 amide bonds. The van der Waals surface area contributed by atoms with Crippen LogP contribution in [0.2, 0.25) is 0 Å². The van der Waals surface area contributed by atoms with E-state index in [9.17, 15) is 9.59 Å². The van der Waals surface area contributed by atoms with E-state index in [0.29, 0.717) is 18.8 Å². The molecular formula is C14H19N3O3. The van der Waals surface area contributed by atoms with E-state index < -0.39 is 0 Å². The predicted octanol–water partition coefficient (Wildman–Crippen LogP) is 0.385. The minimum atomic E-state index is -0.274. The van der Waals surface area contributed by atoms with Gasteiger partial charge in [-0.1, -0.05) is 0 Å². The Morgan fingerprint density at radius 2 is 2.05 bits per heavy atom. The summed E-state index contributed by atoms with van der Waals surface area (Å²) in [6, 6.07) is 6.92. The molecule has 3 N–H and O–H groups in total. The first-order chi connectivity index (χ1) is 9.56. The average Bonchev–Trinajstić information content (AvgIpc) is 2.42. The van der Waals surface area contributed by atoms with E-state index in [0.717, 1.165) is 12.2 Å². The highest BCUT2D eigenvalue weighted by Crippen LogP contribution is 2.13. The molecule has 0 aromatic heterocycles. The van der Waals surface area contributed by atoms with Gasteiger partial charge in [0.1, 0.15) is 5.75 Å². The quantitative estimate of drug-likeness (QED) is 0.462. The summed E-state index contributed by atoms with van der Waals surface area (Å²) in [6.07, 6.45) is 0.745. The van der Waals surface area contributed by atoms with Crippen LogP contribution in [0.5, 0.6) is 5.75 Å². The van der Waals surface area contributed by atoms with Gasteiger partial charge < -0.3 is 10.5 Å². The first-order valence-corrected chi connectivity index (χ1v) is 6.62. The van der Waals surface area contributed by atoms with Crippen LogP contribution in [-0.2, 0) is 9.59 Å². The lowest BCUT2D eigenvalue weighted by Gasteiger charge is -2.31. The molecule has 0 spiro atoms. The van der Waals surface area contributed by atoms with Crippen LogP contribution in [0.3, 0.4) is 0 Å². The van der Waals surface area contributed by atoms with Gasteiger partial charge in [-0.25, -0.2) is 0 Å². The van der Waals surface area contributed by atoms with Gasteiger partial charge >= 0.3 is 0 Å². The molecule has 1 unspecified atom stereocenters. The monoisotopic (exact) mass is 277 g/mol. The fourth-order valence-corrected chi connectivity index (χ4v) is 2.06. The van der Waals surface area contributed by atoms with Crippen molar-refractivity contribution >= 4 is 17.5 Å². The number of carbonyl (C=O) groups excluding carboxylic acids is 2. The van der Waals surface area contributed by atoms with Crippen molar-refractivity contribution in [3.8, 4) is 5.75 Å². The molecule has 1 atom stereocenters. The Morgan fingerprint density at radius 3 is 2.75 bits per heavy atom. The Hall–Kier alpha value is -2.08. The molecule has 0 bridgehead atoms. The summed E-state index contributed by atoms with van der Waals surface area (Å²) in [7, 11) is 0. The van der Waals surface area contributed by atoms with Crippen LogP contribution in [0.25, 0.3) is 0 Å². The smallest absolute Gasteiger partial charge is 0.243 e. The average molecular weight is 277 g/mol. The number of rotatable bonds is 5. The number of anilines is 1. The Morgan fingerprint density at radius 1 is 1.35 bits per heavy atom. The van der Waals surface area contributed by atoms with Gasteiger partial charge in [0.25, 0.3) is 0 Å². The Bertz CT molecular complexity index is 487. The molecule has 1 fully saturated rings. The van der Waals surface area contributed by atoms with Crippen LogP contribution in [0.15, 0.2) is 24.3 Å². The second-order valence-electron chi connectivity index (χ2n) is 4.83. The normalized spacial score (nSPS) is 19.8. The Kier molecular flexibility index (Phi) is 4.57. The highest BCUT2D eigenvalue weighted by Gasteiger charge is 2.29. The van der Waals surface area contributed by atoms with Crippen LogP contribution >= 0.6 is 0 Å². The molecule has 0 aliphatic carbocycles. The SMILES string of the molecule is CC1C(=O)NC(=O)CN1CCCOc1ccc(N)cc1. The van der Waals surface area contributed by atoms with Gasteiger partial charge in [0.05, 0.1) is 19.2 Å². The second-order valence-corrected chi connectivity index (χ2v) is 4.83. The molecule has 1 heterocycles. The van der Waals surface area contributed by atoms with Crippen molar-refractivity contribution in [1.82, 2.24) is 10.2 Å². The summed E-state index contributed by atoms with van der Waals surface area (Å²) in [5, 5.41) is 2.32. The third kappa shape index (κ3) is 3.71. The number of nitrogen functional groups attached to an aromatic ring is 1. The summed E-state index contributed by atoms with van der Waals surface area (Å²) in [5.74, 6) is 0.285. The first kappa shape index (κ1) is 14.3. The molecule has 1 aliphatic rings. The topological polar surface area (TPSA) is 84.7 Å². The van der Waals surface area contributed by atoms with E-state index in [1.54, 1.807) is 19.1 Å². The van der Waals surface area contributed by atoms with E-state index in [2.05, 4.69) is 5.32 Å². The maximum Gasteiger partial charge on any atom is 0.243 e. The van der Waals surface area contributed by atoms with Crippen molar-refractivity contribution in [2.24, 2.45) is 0 Å². The number of ether oxygens (including phenoxy) is 1.